The maximum absolute atomic E-state index is 6.56. The van der Waals surface area contributed by atoms with E-state index in [1.165, 1.54) is 77.0 Å². The minimum Gasteiger partial charge on any atom is -0.456 e. The molecule has 12 aromatic rings. The summed E-state index contributed by atoms with van der Waals surface area (Å²) in [5.74, 6) is 0. The van der Waals surface area contributed by atoms with Crippen LogP contribution in [-0.2, 0) is 0 Å². The lowest BCUT2D eigenvalue weighted by atomic mass is 10.0. The lowest BCUT2D eigenvalue weighted by Gasteiger charge is -2.12. The smallest absolute Gasteiger partial charge is 0.135 e. The molecule has 9 aromatic carbocycles. The first kappa shape index (κ1) is 31.7. The molecule has 3 aromatic heterocycles. The highest BCUT2D eigenvalue weighted by Gasteiger charge is 2.20. The number of hydrogen-bond acceptors (Lipinski definition) is 1. The highest BCUT2D eigenvalue weighted by molar-refractivity contribution is 6.16. The number of rotatable bonds is 5. The fourth-order valence-electron chi connectivity index (χ4n) is 9.09. The van der Waals surface area contributed by atoms with Gasteiger partial charge in [-0.15, -0.1) is 0 Å². The van der Waals surface area contributed by atoms with E-state index in [9.17, 15) is 0 Å². The van der Waals surface area contributed by atoms with Crippen molar-refractivity contribution < 1.29 is 4.42 Å². The van der Waals surface area contributed by atoms with E-state index in [2.05, 4.69) is 215 Å². The summed E-state index contributed by atoms with van der Waals surface area (Å²) in [4.78, 5) is 0. The number of aromatic nitrogens is 2. The van der Waals surface area contributed by atoms with E-state index in [4.69, 9.17) is 4.42 Å². The zero-order valence-electron chi connectivity index (χ0n) is 30.9. The number of fused-ring (bicyclic) bond motifs is 9. The number of nitrogens with zero attached hydrogens (tertiary/aromatic N) is 2. The molecule has 12 rings (SSSR count). The van der Waals surface area contributed by atoms with Crippen LogP contribution in [0.2, 0.25) is 0 Å². The molecule has 0 atom stereocenters. The van der Waals surface area contributed by atoms with Crippen LogP contribution in [-0.4, -0.2) is 9.13 Å². The summed E-state index contributed by atoms with van der Waals surface area (Å²) in [6.45, 7) is 0. The molecule has 0 aliphatic heterocycles. The van der Waals surface area contributed by atoms with Gasteiger partial charge >= 0.3 is 0 Å². The second-order valence-corrected chi connectivity index (χ2v) is 14.9. The van der Waals surface area contributed by atoms with Crippen molar-refractivity contribution >= 4 is 65.6 Å². The van der Waals surface area contributed by atoms with Crippen LogP contribution >= 0.6 is 0 Å². The van der Waals surface area contributed by atoms with Gasteiger partial charge in [0.1, 0.15) is 11.2 Å². The predicted molar refractivity (Wildman–Crippen MR) is 239 cm³/mol. The van der Waals surface area contributed by atoms with Crippen molar-refractivity contribution in [3.05, 3.63) is 206 Å². The summed E-state index contributed by atoms with van der Waals surface area (Å²) in [5, 5.41) is 7.10. The average Bonchev–Trinajstić information content (AvgIpc) is 3.94. The van der Waals surface area contributed by atoms with Gasteiger partial charge < -0.3 is 13.6 Å². The monoisotopic (exact) mass is 726 g/mol. The lowest BCUT2D eigenvalue weighted by molar-refractivity contribution is 0.669. The van der Waals surface area contributed by atoms with Crippen molar-refractivity contribution in [3.8, 4) is 44.8 Å². The first-order chi connectivity index (χ1) is 28.3. The molecule has 0 N–H and O–H groups in total. The predicted octanol–water partition coefficient (Wildman–Crippen LogP) is 14.8. The quantitative estimate of drug-likeness (QED) is 0.173. The Balaban J connectivity index is 1.09. The average molecular weight is 727 g/mol. The number of benzene rings is 9. The molecule has 0 unspecified atom stereocenters. The van der Waals surface area contributed by atoms with E-state index >= 15 is 0 Å². The molecule has 3 heteroatoms. The van der Waals surface area contributed by atoms with Gasteiger partial charge in [0.15, 0.2) is 0 Å². The third-order valence-electron chi connectivity index (χ3n) is 11.7. The zero-order valence-corrected chi connectivity index (χ0v) is 30.9. The third kappa shape index (κ3) is 4.92. The first-order valence-electron chi connectivity index (χ1n) is 19.5. The molecule has 0 spiro atoms. The van der Waals surface area contributed by atoms with Gasteiger partial charge in [0.2, 0.25) is 0 Å². The van der Waals surface area contributed by atoms with E-state index < -0.39 is 0 Å². The molecule has 0 saturated carbocycles. The SMILES string of the molecule is c1ccc(-c2ccc3c(c2)c2ccccc2n3-c2ccc3oc4ccc(-n5c6cc(-c7ccccc7)ccc6c6cccc(-c7ccccc7)c65)cc4c3c2)cc1. The third-order valence-corrected chi connectivity index (χ3v) is 11.7. The van der Waals surface area contributed by atoms with Crippen molar-refractivity contribution in [2.24, 2.45) is 0 Å². The molecule has 3 heterocycles. The number of furan rings is 1. The van der Waals surface area contributed by atoms with Crippen LogP contribution in [0.3, 0.4) is 0 Å². The highest BCUT2D eigenvalue weighted by Crippen LogP contribution is 2.42. The Morgan fingerprint density at radius 2 is 0.825 bits per heavy atom. The largest absolute Gasteiger partial charge is 0.456 e. The molecule has 0 aliphatic carbocycles. The van der Waals surface area contributed by atoms with Crippen molar-refractivity contribution in [3.63, 3.8) is 0 Å². The van der Waals surface area contributed by atoms with Gasteiger partial charge in [0, 0.05) is 49.3 Å². The van der Waals surface area contributed by atoms with Gasteiger partial charge in [-0.05, 0) is 88.5 Å². The van der Waals surface area contributed by atoms with Gasteiger partial charge in [-0.3, -0.25) is 0 Å². The molecule has 57 heavy (non-hydrogen) atoms. The lowest BCUT2D eigenvalue weighted by Crippen LogP contribution is -1.96. The molecular weight excluding hydrogens is 693 g/mol. The van der Waals surface area contributed by atoms with Crippen LogP contribution in [0, 0.1) is 0 Å². The topological polar surface area (TPSA) is 23.0 Å². The maximum atomic E-state index is 6.56. The summed E-state index contributed by atoms with van der Waals surface area (Å²) in [6.07, 6.45) is 0. The van der Waals surface area contributed by atoms with Gasteiger partial charge in [0.25, 0.3) is 0 Å². The van der Waals surface area contributed by atoms with Gasteiger partial charge in [-0.2, -0.15) is 0 Å². The van der Waals surface area contributed by atoms with Gasteiger partial charge in [-0.25, -0.2) is 0 Å². The minimum atomic E-state index is 0.870. The van der Waals surface area contributed by atoms with E-state index in [-0.39, 0.29) is 0 Å². The van der Waals surface area contributed by atoms with Crippen molar-refractivity contribution in [2.75, 3.05) is 0 Å². The molecule has 266 valence electrons. The fourth-order valence-corrected chi connectivity index (χ4v) is 9.09. The summed E-state index contributed by atoms with van der Waals surface area (Å²) in [6, 6.07) is 74.5. The number of hydrogen-bond donors (Lipinski definition) is 0. The fraction of sp³-hybridized carbons (Fsp3) is 0. The zero-order chi connectivity index (χ0) is 37.5. The highest BCUT2D eigenvalue weighted by atomic mass is 16.3. The molecule has 0 amide bonds. The summed E-state index contributed by atoms with van der Waals surface area (Å²) < 4.78 is 11.4. The molecular formula is C54H34N2O. The van der Waals surface area contributed by atoms with Crippen LogP contribution in [0.1, 0.15) is 0 Å². The van der Waals surface area contributed by atoms with Crippen LogP contribution in [0.5, 0.6) is 0 Å². The van der Waals surface area contributed by atoms with Gasteiger partial charge in [-0.1, -0.05) is 146 Å². The normalized spacial score (nSPS) is 11.9. The summed E-state index contributed by atoms with van der Waals surface area (Å²) in [5.41, 5.74) is 15.9. The van der Waals surface area contributed by atoms with Gasteiger partial charge in [0.05, 0.1) is 22.1 Å². The first-order valence-corrected chi connectivity index (χ1v) is 19.5. The molecule has 0 bridgehead atoms. The molecule has 0 aliphatic rings. The Morgan fingerprint density at radius 3 is 1.53 bits per heavy atom. The Bertz CT molecular complexity index is 3500. The molecule has 3 nitrogen and oxygen atoms in total. The Labute approximate surface area is 328 Å². The Kier molecular flexibility index (Phi) is 6.93. The second-order valence-electron chi connectivity index (χ2n) is 14.9. The van der Waals surface area contributed by atoms with Crippen LogP contribution < -0.4 is 0 Å². The van der Waals surface area contributed by atoms with Crippen LogP contribution in [0.4, 0.5) is 0 Å². The Hall–Kier alpha value is -7.62. The number of para-hydroxylation sites is 2. The second kappa shape index (κ2) is 12.5. The van der Waals surface area contributed by atoms with Crippen molar-refractivity contribution in [1.82, 2.24) is 9.13 Å². The van der Waals surface area contributed by atoms with E-state index in [0.717, 1.165) is 33.3 Å². The van der Waals surface area contributed by atoms with Crippen molar-refractivity contribution in [1.29, 1.82) is 0 Å². The minimum absolute atomic E-state index is 0.870. The van der Waals surface area contributed by atoms with Crippen molar-refractivity contribution in [2.45, 2.75) is 0 Å². The molecule has 0 saturated heterocycles. The Morgan fingerprint density at radius 1 is 0.281 bits per heavy atom. The summed E-state index contributed by atoms with van der Waals surface area (Å²) >= 11 is 0. The van der Waals surface area contributed by atoms with E-state index in [1.807, 2.05) is 0 Å². The van der Waals surface area contributed by atoms with Crippen LogP contribution in [0.15, 0.2) is 211 Å². The maximum Gasteiger partial charge on any atom is 0.135 e. The molecule has 0 radical (unpaired) electrons. The standard InChI is InChI=1S/C54H34N2O/c1-4-13-35(14-5-1)38-24-28-50-46(31-38)43-19-10-11-22-49(43)55(50)40-25-29-52-47(33-40)48-34-41(26-30-53(48)57-52)56-51-32-39(36-15-6-2-7-16-36)23-27-44(51)45-21-12-20-42(54(45)56)37-17-8-3-9-18-37/h1-34H. The van der Waals surface area contributed by atoms with Crippen LogP contribution in [0.25, 0.3) is 110 Å². The van der Waals surface area contributed by atoms with E-state index in [1.54, 1.807) is 0 Å². The molecule has 0 fully saturated rings. The van der Waals surface area contributed by atoms with E-state index in [0.29, 0.717) is 0 Å². The summed E-state index contributed by atoms with van der Waals surface area (Å²) in [7, 11) is 0.